The van der Waals surface area contributed by atoms with Crippen LogP contribution in [0.4, 0.5) is 8.78 Å². The van der Waals surface area contributed by atoms with Crippen LogP contribution in [0.3, 0.4) is 0 Å². The first kappa shape index (κ1) is 21.3. The molecule has 1 aromatic heterocycles. The lowest BCUT2D eigenvalue weighted by atomic mass is 9.97. The predicted molar refractivity (Wildman–Crippen MR) is 104 cm³/mol. The van der Waals surface area contributed by atoms with E-state index in [4.69, 9.17) is 4.98 Å². The van der Waals surface area contributed by atoms with Crippen LogP contribution >= 0.6 is 36.2 Å². The third kappa shape index (κ3) is 4.27. The normalized spacial score (nSPS) is 22.7. The highest BCUT2D eigenvalue weighted by molar-refractivity contribution is 7.18. The minimum Gasteiger partial charge on any atom is -0.341 e. The Morgan fingerprint density at radius 1 is 1.23 bits per heavy atom. The highest BCUT2D eigenvalue weighted by atomic mass is 35.5. The van der Waals surface area contributed by atoms with Gasteiger partial charge in [-0.15, -0.1) is 36.2 Å². The van der Waals surface area contributed by atoms with Gasteiger partial charge < -0.3 is 4.90 Å². The molecular weight excluding hydrogens is 403 g/mol. The lowest BCUT2D eigenvalue weighted by Gasteiger charge is -2.32. The fourth-order valence-corrected chi connectivity index (χ4v) is 4.66. The van der Waals surface area contributed by atoms with E-state index in [-0.39, 0.29) is 37.1 Å². The molecule has 26 heavy (non-hydrogen) atoms. The second-order valence-electron chi connectivity index (χ2n) is 6.61. The number of piperidine rings is 1. The summed E-state index contributed by atoms with van der Waals surface area (Å²) in [6.45, 7) is 0.831. The number of likely N-dealkylation sites (tertiary alicyclic amines) is 1. The summed E-state index contributed by atoms with van der Waals surface area (Å²) in [7, 11) is 0. The van der Waals surface area contributed by atoms with E-state index in [0.717, 1.165) is 23.4 Å². The monoisotopic (exact) mass is 423 g/mol. The van der Waals surface area contributed by atoms with Gasteiger partial charge in [-0.05, 0) is 25.0 Å². The van der Waals surface area contributed by atoms with Crippen LogP contribution in [-0.2, 0) is 4.79 Å². The van der Waals surface area contributed by atoms with Crippen LogP contribution in [0.5, 0.6) is 0 Å². The summed E-state index contributed by atoms with van der Waals surface area (Å²) in [5.41, 5.74) is 1.02. The van der Waals surface area contributed by atoms with Crippen LogP contribution in [0.15, 0.2) is 24.3 Å². The lowest BCUT2D eigenvalue weighted by Crippen LogP contribution is -2.46. The van der Waals surface area contributed by atoms with E-state index in [1.165, 1.54) is 4.70 Å². The molecule has 3 heterocycles. The van der Waals surface area contributed by atoms with Crippen molar-refractivity contribution in [1.82, 2.24) is 15.2 Å². The number of hydrogen-bond donors (Lipinski definition) is 1. The van der Waals surface area contributed by atoms with Gasteiger partial charge in [0.25, 0.3) is 5.92 Å². The molecule has 0 bridgehead atoms. The summed E-state index contributed by atoms with van der Waals surface area (Å²) in [5.74, 6) is -2.60. The molecule has 1 atom stereocenters. The molecule has 0 saturated carbocycles. The van der Waals surface area contributed by atoms with Crippen molar-refractivity contribution in [2.75, 3.05) is 19.6 Å². The summed E-state index contributed by atoms with van der Waals surface area (Å²) >= 11 is 1.71. The molecule has 2 aromatic rings. The van der Waals surface area contributed by atoms with E-state index in [1.54, 1.807) is 16.2 Å². The SMILES string of the molecule is Cl.Cl.O=C(C1CC(F)(F)CN1)N1CCC(c2nc3ccccc3s2)CC1. The van der Waals surface area contributed by atoms with Crippen molar-refractivity contribution in [2.24, 2.45) is 0 Å². The Bertz CT molecular complexity index is 732. The Morgan fingerprint density at radius 2 is 1.92 bits per heavy atom. The highest BCUT2D eigenvalue weighted by Gasteiger charge is 2.44. The van der Waals surface area contributed by atoms with Gasteiger partial charge in [0.15, 0.2) is 0 Å². The van der Waals surface area contributed by atoms with Gasteiger partial charge in [-0.3, -0.25) is 10.1 Å². The van der Waals surface area contributed by atoms with E-state index in [2.05, 4.69) is 11.4 Å². The lowest BCUT2D eigenvalue weighted by molar-refractivity contribution is -0.134. The van der Waals surface area contributed by atoms with E-state index >= 15 is 0 Å². The molecule has 2 aliphatic heterocycles. The zero-order chi connectivity index (χ0) is 16.7. The number of aromatic nitrogens is 1. The van der Waals surface area contributed by atoms with Gasteiger partial charge in [0, 0.05) is 25.4 Å². The minimum atomic E-state index is -2.76. The van der Waals surface area contributed by atoms with Crippen molar-refractivity contribution in [3.05, 3.63) is 29.3 Å². The number of thiazole rings is 1. The molecule has 1 unspecified atom stereocenters. The van der Waals surface area contributed by atoms with E-state index in [0.29, 0.717) is 19.0 Å². The Balaban J connectivity index is 0.00000121. The molecule has 1 amide bonds. The fourth-order valence-electron chi connectivity index (χ4n) is 3.52. The summed E-state index contributed by atoms with van der Waals surface area (Å²) in [6, 6.07) is 7.34. The second-order valence-corrected chi connectivity index (χ2v) is 7.68. The number of carbonyl (C=O) groups excluding carboxylic acids is 1. The van der Waals surface area contributed by atoms with Crippen molar-refractivity contribution in [1.29, 1.82) is 0 Å². The van der Waals surface area contributed by atoms with Gasteiger partial charge >= 0.3 is 0 Å². The van der Waals surface area contributed by atoms with Gasteiger partial charge in [-0.1, -0.05) is 12.1 Å². The van der Waals surface area contributed by atoms with Crippen LogP contribution in [0, 0.1) is 0 Å². The number of benzene rings is 1. The Labute approximate surface area is 167 Å². The standard InChI is InChI=1S/C17H19F2N3OS.2ClH/c18-17(19)9-13(20-10-17)16(23)22-7-5-11(6-8-22)15-21-12-3-1-2-4-14(12)24-15;;/h1-4,11,13,20H,5-10H2;2*1H. The van der Waals surface area contributed by atoms with Crippen LogP contribution < -0.4 is 5.32 Å². The Morgan fingerprint density at radius 3 is 2.54 bits per heavy atom. The topological polar surface area (TPSA) is 45.2 Å². The van der Waals surface area contributed by atoms with Crippen molar-refractivity contribution >= 4 is 52.3 Å². The molecule has 4 rings (SSSR count). The van der Waals surface area contributed by atoms with E-state index in [1.807, 2.05) is 18.2 Å². The van der Waals surface area contributed by atoms with Crippen molar-refractivity contribution in [3.63, 3.8) is 0 Å². The van der Waals surface area contributed by atoms with E-state index < -0.39 is 18.5 Å². The molecule has 4 nitrogen and oxygen atoms in total. The number of rotatable bonds is 2. The summed E-state index contributed by atoms with van der Waals surface area (Å²) < 4.78 is 27.7. The molecule has 144 valence electrons. The van der Waals surface area contributed by atoms with Crippen LogP contribution in [-0.4, -0.2) is 47.4 Å². The zero-order valence-electron chi connectivity index (χ0n) is 14.0. The number of nitrogens with one attached hydrogen (secondary N) is 1. The molecule has 2 fully saturated rings. The van der Waals surface area contributed by atoms with Crippen molar-refractivity contribution in [2.45, 2.75) is 37.1 Å². The zero-order valence-corrected chi connectivity index (χ0v) is 16.4. The minimum absolute atomic E-state index is 0. The molecular formula is C17H21Cl2F2N3OS. The maximum absolute atomic E-state index is 13.3. The summed E-state index contributed by atoms with van der Waals surface area (Å²) in [6.07, 6.45) is 1.30. The number of alkyl halides is 2. The predicted octanol–water partition coefficient (Wildman–Crippen LogP) is 3.84. The molecule has 1 aromatic carbocycles. The number of amides is 1. The van der Waals surface area contributed by atoms with Gasteiger partial charge in [0.1, 0.15) is 0 Å². The number of hydrogen-bond acceptors (Lipinski definition) is 4. The third-order valence-electron chi connectivity index (χ3n) is 4.87. The second kappa shape index (κ2) is 8.33. The first-order valence-corrected chi connectivity index (χ1v) is 9.09. The van der Waals surface area contributed by atoms with Crippen LogP contribution in [0.25, 0.3) is 10.2 Å². The number of para-hydroxylation sites is 1. The molecule has 0 radical (unpaired) electrons. The largest absolute Gasteiger partial charge is 0.341 e. The average Bonchev–Trinajstić information content (AvgIpc) is 3.17. The first-order chi connectivity index (χ1) is 11.5. The van der Waals surface area contributed by atoms with Crippen LogP contribution in [0.1, 0.15) is 30.2 Å². The Kier molecular flexibility index (Phi) is 6.82. The summed E-state index contributed by atoms with van der Waals surface area (Å²) in [4.78, 5) is 18.8. The van der Waals surface area contributed by atoms with Gasteiger partial charge in [0.2, 0.25) is 5.91 Å². The maximum Gasteiger partial charge on any atom is 0.262 e. The average molecular weight is 424 g/mol. The number of fused-ring (bicyclic) bond motifs is 1. The van der Waals surface area contributed by atoms with Gasteiger partial charge in [0.05, 0.1) is 27.8 Å². The van der Waals surface area contributed by atoms with Gasteiger partial charge in [-0.2, -0.15) is 0 Å². The highest BCUT2D eigenvalue weighted by Crippen LogP contribution is 2.34. The quantitative estimate of drug-likeness (QED) is 0.797. The maximum atomic E-state index is 13.3. The van der Waals surface area contributed by atoms with Crippen molar-refractivity contribution < 1.29 is 13.6 Å². The third-order valence-corrected chi connectivity index (χ3v) is 6.07. The molecule has 2 saturated heterocycles. The molecule has 0 aliphatic carbocycles. The molecule has 1 N–H and O–H groups in total. The van der Waals surface area contributed by atoms with Crippen LogP contribution in [0.2, 0.25) is 0 Å². The molecule has 2 aliphatic rings. The fraction of sp³-hybridized carbons (Fsp3) is 0.529. The Hall–Kier alpha value is -1.02. The first-order valence-electron chi connectivity index (χ1n) is 8.27. The number of nitrogens with zero attached hydrogens (tertiary/aromatic N) is 2. The number of halogens is 4. The smallest absolute Gasteiger partial charge is 0.262 e. The van der Waals surface area contributed by atoms with Gasteiger partial charge in [-0.25, -0.2) is 13.8 Å². The summed E-state index contributed by atoms with van der Waals surface area (Å²) in [5, 5.41) is 3.77. The van der Waals surface area contributed by atoms with E-state index in [9.17, 15) is 13.6 Å². The molecule has 0 spiro atoms. The van der Waals surface area contributed by atoms with Crippen molar-refractivity contribution in [3.8, 4) is 0 Å². The number of carbonyl (C=O) groups is 1. The molecule has 9 heteroatoms.